The van der Waals surface area contributed by atoms with Gasteiger partial charge < -0.3 is 4.74 Å². The van der Waals surface area contributed by atoms with E-state index < -0.39 is 0 Å². The number of nitriles is 1. The molecule has 2 aromatic rings. The smallest absolute Gasteiger partial charge is 0.123 e. The van der Waals surface area contributed by atoms with Crippen LogP contribution in [0.2, 0.25) is 0 Å². The highest BCUT2D eigenvalue weighted by Gasteiger charge is 2.04. The summed E-state index contributed by atoms with van der Waals surface area (Å²) in [5.41, 5.74) is 0.984. The molecule has 0 aromatic heterocycles. The van der Waals surface area contributed by atoms with E-state index in [1.807, 2.05) is 30.3 Å². The first-order valence-corrected chi connectivity index (χ1v) is 6.34. The fraction of sp³-hybridized carbons (Fsp3) is 0.0714. The monoisotopic (exact) mass is 353 g/mol. The Morgan fingerprint density at radius 3 is 2.56 bits per heavy atom. The maximum atomic E-state index is 13.1. The molecule has 0 atom stereocenters. The molecular formula is C14H9FINO. The second kappa shape index (κ2) is 5.83. The number of rotatable bonds is 3. The van der Waals surface area contributed by atoms with E-state index in [2.05, 4.69) is 22.6 Å². The largest absolute Gasteiger partial charge is 0.489 e. The van der Waals surface area contributed by atoms with E-state index >= 15 is 0 Å². The lowest BCUT2D eigenvalue weighted by molar-refractivity contribution is 0.305. The van der Waals surface area contributed by atoms with E-state index in [0.29, 0.717) is 16.9 Å². The lowest BCUT2D eigenvalue weighted by Gasteiger charge is -2.07. The van der Waals surface area contributed by atoms with E-state index in [1.54, 1.807) is 0 Å². The van der Waals surface area contributed by atoms with Gasteiger partial charge in [-0.3, -0.25) is 0 Å². The molecule has 0 saturated heterocycles. The molecule has 2 nitrogen and oxygen atoms in total. The van der Waals surface area contributed by atoms with Crippen LogP contribution in [0.1, 0.15) is 11.1 Å². The van der Waals surface area contributed by atoms with Crippen molar-refractivity contribution < 1.29 is 9.13 Å². The van der Waals surface area contributed by atoms with E-state index in [4.69, 9.17) is 10.00 Å². The van der Waals surface area contributed by atoms with Gasteiger partial charge in [0.1, 0.15) is 18.2 Å². The third-order valence-corrected chi connectivity index (χ3v) is 3.11. The molecule has 4 heteroatoms. The Bertz CT molecular complexity index is 590. The lowest BCUT2D eigenvalue weighted by Crippen LogP contribution is -1.99. The zero-order valence-electron chi connectivity index (χ0n) is 9.36. The number of nitrogens with zero attached hydrogens (tertiary/aromatic N) is 1. The summed E-state index contributed by atoms with van der Waals surface area (Å²) in [5.74, 6) is 0.332. The van der Waals surface area contributed by atoms with Crippen molar-refractivity contribution in [1.29, 1.82) is 5.26 Å². The normalized spacial score (nSPS) is 9.83. The fourth-order valence-electron chi connectivity index (χ4n) is 1.48. The van der Waals surface area contributed by atoms with Crippen molar-refractivity contribution in [2.45, 2.75) is 6.61 Å². The predicted molar refractivity (Wildman–Crippen MR) is 74.6 cm³/mol. The summed E-state index contributed by atoms with van der Waals surface area (Å²) in [5, 5.41) is 8.91. The van der Waals surface area contributed by atoms with Crippen molar-refractivity contribution in [3.05, 3.63) is 63.0 Å². The summed E-state index contributed by atoms with van der Waals surface area (Å²) in [7, 11) is 0. The van der Waals surface area contributed by atoms with Crippen LogP contribution in [0.15, 0.2) is 42.5 Å². The molecule has 0 unspecified atom stereocenters. The van der Waals surface area contributed by atoms with Crippen LogP contribution in [0.5, 0.6) is 5.75 Å². The summed E-state index contributed by atoms with van der Waals surface area (Å²) < 4.78 is 19.7. The van der Waals surface area contributed by atoms with Gasteiger partial charge >= 0.3 is 0 Å². The fourth-order valence-corrected chi connectivity index (χ4v) is 1.84. The predicted octanol–water partition coefficient (Wildman–Crippen LogP) is 3.88. The maximum absolute atomic E-state index is 13.1. The molecule has 0 aliphatic heterocycles. The number of hydrogen-bond donors (Lipinski definition) is 0. The molecule has 18 heavy (non-hydrogen) atoms. The van der Waals surface area contributed by atoms with Crippen LogP contribution in [-0.4, -0.2) is 0 Å². The maximum Gasteiger partial charge on any atom is 0.123 e. The standard InChI is InChI=1S/C14H9FINO/c15-12-2-1-10(8-17)11(7-12)9-18-14-5-3-13(16)4-6-14/h1-7H,9H2. The van der Waals surface area contributed by atoms with Gasteiger partial charge in [-0.2, -0.15) is 5.26 Å². The number of hydrogen-bond acceptors (Lipinski definition) is 2. The lowest BCUT2D eigenvalue weighted by atomic mass is 10.1. The minimum atomic E-state index is -0.366. The Hall–Kier alpha value is -1.61. The molecule has 0 amide bonds. The SMILES string of the molecule is N#Cc1ccc(F)cc1COc1ccc(I)cc1. The first-order chi connectivity index (χ1) is 8.69. The minimum Gasteiger partial charge on any atom is -0.489 e. The molecule has 0 aliphatic carbocycles. The van der Waals surface area contributed by atoms with Crippen LogP contribution >= 0.6 is 22.6 Å². The summed E-state index contributed by atoms with van der Waals surface area (Å²) in [6, 6.07) is 13.6. The molecule has 0 N–H and O–H groups in total. The van der Waals surface area contributed by atoms with Crippen molar-refractivity contribution in [2.24, 2.45) is 0 Å². The summed E-state index contributed by atoms with van der Waals surface area (Å²) in [6.45, 7) is 0.182. The van der Waals surface area contributed by atoms with Crippen LogP contribution in [-0.2, 0) is 6.61 Å². The number of halogens is 2. The highest BCUT2D eigenvalue weighted by Crippen LogP contribution is 2.17. The summed E-state index contributed by atoms with van der Waals surface area (Å²) in [6.07, 6.45) is 0. The first-order valence-electron chi connectivity index (χ1n) is 5.26. The van der Waals surface area contributed by atoms with Gasteiger partial charge in [0.05, 0.1) is 11.6 Å². The molecule has 0 bridgehead atoms. The molecule has 0 heterocycles. The van der Waals surface area contributed by atoms with Crippen molar-refractivity contribution in [1.82, 2.24) is 0 Å². The van der Waals surface area contributed by atoms with Gasteiger partial charge in [-0.25, -0.2) is 4.39 Å². The molecule has 0 fully saturated rings. The van der Waals surface area contributed by atoms with Gasteiger partial charge in [0.15, 0.2) is 0 Å². The molecule has 0 saturated carbocycles. The van der Waals surface area contributed by atoms with Crippen molar-refractivity contribution >= 4 is 22.6 Å². The zero-order valence-corrected chi connectivity index (χ0v) is 11.5. The minimum absolute atomic E-state index is 0.182. The number of ether oxygens (including phenoxy) is 1. The van der Waals surface area contributed by atoms with Crippen molar-refractivity contribution in [3.63, 3.8) is 0 Å². The van der Waals surface area contributed by atoms with Gasteiger partial charge in [0, 0.05) is 9.13 Å². The number of benzene rings is 2. The van der Waals surface area contributed by atoms with Crippen molar-refractivity contribution in [2.75, 3.05) is 0 Å². The Morgan fingerprint density at radius 1 is 1.17 bits per heavy atom. The second-order valence-electron chi connectivity index (χ2n) is 3.66. The van der Waals surface area contributed by atoms with Gasteiger partial charge in [0.2, 0.25) is 0 Å². The molecular weight excluding hydrogens is 344 g/mol. The first kappa shape index (κ1) is 12.8. The van der Waals surface area contributed by atoms with Crippen LogP contribution in [0.3, 0.4) is 0 Å². The van der Waals surface area contributed by atoms with Crippen LogP contribution in [0, 0.1) is 20.7 Å². The highest BCUT2D eigenvalue weighted by atomic mass is 127. The third kappa shape index (κ3) is 3.20. The van der Waals surface area contributed by atoms with Crippen molar-refractivity contribution in [3.8, 4) is 11.8 Å². The van der Waals surface area contributed by atoms with Gasteiger partial charge in [-0.1, -0.05) is 0 Å². The van der Waals surface area contributed by atoms with Crippen LogP contribution in [0.25, 0.3) is 0 Å². The Morgan fingerprint density at radius 2 is 1.89 bits per heavy atom. The molecule has 2 aromatic carbocycles. The average molecular weight is 353 g/mol. The Balaban J connectivity index is 2.13. The second-order valence-corrected chi connectivity index (χ2v) is 4.90. The van der Waals surface area contributed by atoms with Gasteiger partial charge in [0.25, 0.3) is 0 Å². The third-order valence-electron chi connectivity index (χ3n) is 2.40. The summed E-state index contributed by atoms with van der Waals surface area (Å²) in [4.78, 5) is 0. The average Bonchev–Trinajstić information content (AvgIpc) is 2.38. The molecule has 0 spiro atoms. The van der Waals surface area contributed by atoms with Crippen LogP contribution < -0.4 is 4.74 Å². The molecule has 0 radical (unpaired) electrons. The van der Waals surface area contributed by atoms with E-state index in [-0.39, 0.29) is 12.4 Å². The topological polar surface area (TPSA) is 33.0 Å². The van der Waals surface area contributed by atoms with Gasteiger partial charge in [-0.15, -0.1) is 0 Å². The molecule has 2 rings (SSSR count). The van der Waals surface area contributed by atoms with E-state index in [1.165, 1.54) is 18.2 Å². The zero-order chi connectivity index (χ0) is 13.0. The Kier molecular flexibility index (Phi) is 4.15. The quantitative estimate of drug-likeness (QED) is 0.785. The highest BCUT2D eigenvalue weighted by molar-refractivity contribution is 14.1. The van der Waals surface area contributed by atoms with E-state index in [9.17, 15) is 4.39 Å². The summed E-state index contributed by atoms with van der Waals surface area (Å²) >= 11 is 2.20. The molecule has 0 aliphatic rings. The van der Waals surface area contributed by atoms with E-state index in [0.717, 1.165) is 3.57 Å². The Labute approximate surface area is 118 Å². The van der Waals surface area contributed by atoms with Crippen LogP contribution in [0.4, 0.5) is 4.39 Å². The molecule has 90 valence electrons. The van der Waals surface area contributed by atoms with Gasteiger partial charge in [-0.05, 0) is 65.1 Å².